The van der Waals surface area contributed by atoms with Gasteiger partial charge in [0.2, 0.25) is 0 Å². The van der Waals surface area contributed by atoms with Crippen LogP contribution in [-0.4, -0.2) is 45.0 Å². The van der Waals surface area contributed by atoms with E-state index in [0.29, 0.717) is 47.2 Å². The van der Waals surface area contributed by atoms with Gasteiger partial charge in [0.1, 0.15) is 5.75 Å². The van der Waals surface area contributed by atoms with Gasteiger partial charge in [-0.2, -0.15) is 22.0 Å². The van der Waals surface area contributed by atoms with Crippen molar-refractivity contribution in [2.45, 2.75) is 121 Å². The minimum Gasteiger partial charge on any atom is -0.423 e. The molecule has 2 aromatic rings. The lowest BCUT2D eigenvalue weighted by molar-refractivity contribution is -0.284. The van der Waals surface area contributed by atoms with Crippen LogP contribution in [-0.2, 0) is 17.2 Å². The molecule has 0 saturated heterocycles. The molecule has 10 heteroatoms. The first kappa shape index (κ1) is 38.6. The van der Waals surface area contributed by atoms with Crippen LogP contribution in [0.25, 0.3) is 0 Å². The lowest BCUT2D eigenvalue weighted by Gasteiger charge is -2.52. The highest BCUT2D eigenvalue weighted by Crippen LogP contribution is 2.64. The highest BCUT2D eigenvalue weighted by atomic mass is 32.2. The Kier molecular flexibility index (Phi) is 12.7. The van der Waals surface area contributed by atoms with Gasteiger partial charge in [-0.3, -0.25) is 4.21 Å². The molecule has 3 aliphatic rings. The molecule has 0 heterocycles. The summed E-state index contributed by atoms with van der Waals surface area (Å²) in [5.41, 5.74) is 4.04. The van der Waals surface area contributed by atoms with Gasteiger partial charge in [0.25, 0.3) is 0 Å². The lowest BCUT2D eigenvalue weighted by atomic mass is 9.52. The van der Waals surface area contributed by atoms with Gasteiger partial charge in [-0.05, 0) is 115 Å². The zero-order valence-electron chi connectivity index (χ0n) is 29.0. The van der Waals surface area contributed by atoms with E-state index in [9.17, 15) is 36.1 Å². The third-order valence-corrected chi connectivity index (χ3v) is 13.3. The van der Waals surface area contributed by atoms with Crippen molar-refractivity contribution in [3.63, 3.8) is 0 Å². The van der Waals surface area contributed by atoms with Gasteiger partial charge in [0, 0.05) is 28.7 Å². The van der Waals surface area contributed by atoms with Crippen LogP contribution in [0.15, 0.2) is 60.7 Å². The molecule has 4 nitrogen and oxygen atoms in total. The molecule has 5 rings (SSSR count). The fourth-order valence-corrected chi connectivity index (χ4v) is 10.2. The van der Waals surface area contributed by atoms with Crippen molar-refractivity contribution in [2.24, 2.45) is 23.2 Å². The van der Waals surface area contributed by atoms with Gasteiger partial charge in [0.05, 0.1) is 11.7 Å². The molecule has 5 unspecified atom stereocenters. The first-order chi connectivity index (χ1) is 23.7. The summed E-state index contributed by atoms with van der Waals surface area (Å²) in [6.45, 7) is 6.64. The average molecular weight is 723 g/mol. The number of hydrogen-bond donors (Lipinski definition) is 1. The predicted octanol–water partition coefficient (Wildman–Crippen LogP) is 10.4. The molecule has 0 radical (unpaired) electrons. The summed E-state index contributed by atoms with van der Waals surface area (Å²) in [5.74, 6) is -2.67. The van der Waals surface area contributed by atoms with Crippen LogP contribution in [0.3, 0.4) is 0 Å². The largest absolute Gasteiger partial charge is 0.453 e. The Labute approximate surface area is 295 Å². The van der Waals surface area contributed by atoms with Gasteiger partial charge < -0.3 is 9.84 Å². The Bertz CT molecular complexity index is 1490. The molecule has 50 heavy (non-hydrogen) atoms. The number of rotatable bonds is 16. The number of hydrogen-bond acceptors (Lipinski definition) is 4. The Morgan fingerprint density at radius 3 is 2.32 bits per heavy atom. The molecule has 276 valence electrons. The Hall–Kier alpha value is -2.59. The Morgan fingerprint density at radius 2 is 1.62 bits per heavy atom. The van der Waals surface area contributed by atoms with Crippen molar-refractivity contribution in [3.8, 4) is 5.75 Å². The van der Waals surface area contributed by atoms with Gasteiger partial charge in [-0.25, -0.2) is 4.79 Å². The number of halogens is 5. The second-order valence-electron chi connectivity index (χ2n) is 15.0. The van der Waals surface area contributed by atoms with Gasteiger partial charge in [-0.1, -0.05) is 76.3 Å². The van der Waals surface area contributed by atoms with Crippen molar-refractivity contribution < 1.29 is 40.8 Å². The Morgan fingerprint density at radius 1 is 0.960 bits per heavy atom. The highest BCUT2D eigenvalue weighted by Gasteiger charge is 2.57. The van der Waals surface area contributed by atoms with Crippen LogP contribution in [0.2, 0.25) is 0 Å². The van der Waals surface area contributed by atoms with E-state index in [1.807, 2.05) is 24.3 Å². The number of ether oxygens (including phenoxy) is 1. The third-order valence-electron chi connectivity index (χ3n) is 11.8. The summed E-state index contributed by atoms with van der Waals surface area (Å²) in [6, 6.07) is 15.1. The Balaban J connectivity index is 1.11. The lowest BCUT2D eigenvalue weighted by Crippen LogP contribution is -2.44. The minimum atomic E-state index is -5.56. The van der Waals surface area contributed by atoms with Gasteiger partial charge in [-0.15, -0.1) is 0 Å². The molecule has 2 aromatic carbocycles. The minimum absolute atomic E-state index is 0.0562. The molecule has 0 amide bonds. The zero-order chi connectivity index (χ0) is 36.1. The number of carbonyl (C=O) groups excluding carboxylic acids is 1. The van der Waals surface area contributed by atoms with Crippen molar-refractivity contribution in [3.05, 3.63) is 77.4 Å². The molecular weight excluding hydrogens is 671 g/mol. The number of unbranched alkanes of at least 4 members (excludes halogenated alkanes) is 6. The molecule has 0 aliphatic heterocycles. The van der Waals surface area contributed by atoms with E-state index in [4.69, 9.17) is 4.74 Å². The average Bonchev–Trinajstić information content (AvgIpc) is 3.30. The van der Waals surface area contributed by atoms with Crippen LogP contribution < -0.4 is 4.74 Å². The number of alkyl halides is 5. The number of fused-ring (bicyclic) bond motifs is 5. The van der Waals surface area contributed by atoms with E-state index in [2.05, 4.69) is 25.6 Å². The number of carbonyl (C=O) groups is 1. The molecule has 0 spiro atoms. The molecule has 0 bridgehead atoms. The second kappa shape index (κ2) is 16.4. The molecule has 2 saturated carbocycles. The molecule has 0 aromatic heterocycles. The molecule has 3 aliphatic carbocycles. The maximum absolute atomic E-state index is 13.0. The van der Waals surface area contributed by atoms with Crippen LogP contribution in [0.4, 0.5) is 22.0 Å². The van der Waals surface area contributed by atoms with Crippen molar-refractivity contribution in [1.82, 2.24) is 0 Å². The van der Waals surface area contributed by atoms with E-state index in [1.54, 1.807) is 12.1 Å². The summed E-state index contributed by atoms with van der Waals surface area (Å²) in [7, 11) is -1.38. The first-order valence-electron chi connectivity index (χ1n) is 18.3. The third kappa shape index (κ3) is 8.88. The predicted molar refractivity (Wildman–Crippen MR) is 187 cm³/mol. The highest BCUT2D eigenvalue weighted by molar-refractivity contribution is 7.84. The fraction of sp³-hybridized carbons (Fsp3) is 0.625. The number of esters is 1. The molecule has 2 fully saturated rings. The maximum atomic E-state index is 13.0. The quantitative estimate of drug-likeness (QED) is 0.0616. The van der Waals surface area contributed by atoms with E-state index >= 15 is 0 Å². The van der Waals surface area contributed by atoms with E-state index in [0.717, 1.165) is 76.2 Å². The summed E-state index contributed by atoms with van der Waals surface area (Å²) in [5, 5.41) is 10.9. The molecule has 7 atom stereocenters. The molecular formula is C40H51F5O4S. The van der Waals surface area contributed by atoms with Crippen molar-refractivity contribution in [2.75, 3.05) is 11.5 Å². The number of aliphatic hydroxyl groups excluding tert-OH is 1. The number of benzene rings is 2. The standard InChI is InChI=1S/C40H51F5O4S/c1-27-35(46)26-34-36-29(16-9-6-4-3-5-7-12-22-50(48)23-13-20-39(41,42)40(43,44)45)24-30-25-31(49-37(47)28-14-10-8-11-15-28)17-18-32(30)33(36)19-21-38(27,34)2/h8,10-11,14-15,17-18,25,29,33-36,46H,1,3-7,9,12-13,16,19-24,26H2,2H3/t29?,33?,34?,35-,36?,38-,50?/m1/s1. The SMILES string of the molecule is C=C1[C@H](O)CC2C3C(CCCCCCCCCS(=O)CCCC(F)(F)C(F)(F)F)Cc4cc(OC(=O)c5ccccc5)ccc4C3CC[C@]12C. The number of aliphatic hydroxyl groups is 1. The summed E-state index contributed by atoms with van der Waals surface area (Å²) in [4.78, 5) is 12.8. The zero-order valence-corrected chi connectivity index (χ0v) is 29.8. The topological polar surface area (TPSA) is 63.6 Å². The summed E-state index contributed by atoms with van der Waals surface area (Å²) in [6.07, 6.45) is 3.84. The summed E-state index contributed by atoms with van der Waals surface area (Å²) < 4.78 is 80.9. The fourth-order valence-electron chi connectivity index (χ4n) is 9.03. The monoisotopic (exact) mass is 722 g/mol. The maximum Gasteiger partial charge on any atom is 0.453 e. The normalized spacial score (nSPS) is 26.9. The first-order valence-corrected chi connectivity index (χ1v) is 19.8. The van der Waals surface area contributed by atoms with Crippen molar-refractivity contribution in [1.29, 1.82) is 0 Å². The smallest absolute Gasteiger partial charge is 0.423 e. The van der Waals surface area contributed by atoms with E-state index < -0.39 is 41.8 Å². The van der Waals surface area contributed by atoms with Gasteiger partial charge >= 0.3 is 18.1 Å². The summed E-state index contributed by atoms with van der Waals surface area (Å²) >= 11 is 0. The van der Waals surface area contributed by atoms with E-state index in [1.165, 1.54) is 11.1 Å². The van der Waals surface area contributed by atoms with Crippen LogP contribution in [0.1, 0.15) is 118 Å². The molecule has 1 N–H and O–H groups in total. The van der Waals surface area contributed by atoms with Crippen LogP contribution >= 0.6 is 0 Å². The van der Waals surface area contributed by atoms with E-state index in [-0.39, 0.29) is 17.1 Å². The van der Waals surface area contributed by atoms with Crippen LogP contribution in [0.5, 0.6) is 5.75 Å². The second-order valence-corrected chi connectivity index (χ2v) is 16.7. The van der Waals surface area contributed by atoms with Crippen LogP contribution in [0, 0.1) is 23.2 Å². The van der Waals surface area contributed by atoms with Crippen molar-refractivity contribution >= 4 is 16.8 Å². The van der Waals surface area contributed by atoms with Gasteiger partial charge in [0.15, 0.2) is 0 Å².